The minimum Gasteiger partial charge on any atom is -0.223 e. The highest BCUT2D eigenvalue weighted by Gasteiger charge is 2.59. The predicted molar refractivity (Wildman–Crippen MR) is 121 cm³/mol. The number of allylic oxidation sites excluding steroid dienone is 4. The van der Waals surface area contributed by atoms with Gasteiger partial charge in [0.2, 0.25) is 0 Å². The predicted octanol–water partition coefficient (Wildman–Crippen LogP) is 4.06. The van der Waals surface area contributed by atoms with Crippen molar-refractivity contribution in [2.45, 2.75) is 60.3 Å². The van der Waals surface area contributed by atoms with Crippen molar-refractivity contribution in [1.82, 2.24) is 9.03 Å². The SMILES string of the molecule is O=S1(=O)N[C@@H]2CC[C@](C3CC(F)=CC=C3F)(S(=O)(=O)c3ccc(Cl)cc3)C[C@@H]2CN1C1CC1. The van der Waals surface area contributed by atoms with E-state index in [-0.39, 0.29) is 49.1 Å². The van der Waals surface area contributed by atoms with Crippen LogP contribution < -0.4 is 4.72 Å². The molecule has 11 heteroatoms. The van der Waals surface area contributed by atoms with E-state index in [1.54, 1.807) is 0 Å². The number of benzene rings is 1. The number of sulfone groups is 1. The monoisotopic (exact) mass is 518 g/mol. The molecule has 1 heterocycles. The first-order valence-electron chi connectivity index (χ1n) is 11.0. The van der Waals surface area contributed by atoms with Gasteiger partial charge in [0, 0.05) is 36.0 Å². The van der Waals surface area contributed by atoms with Crippen molar-refractivity contribution in [2.24, 2.45) is 11.8 Å². The lowest BCUT2D eigenvalue weighted by molar-refractivity contribution is 0.143. The summed E-state index contributed by atoms with van der Waals surface area (Å²) < 4.78 is 85.5. The van der Waals surface area contributed by atoms with E-state index >= 15 is 4.39 Å². The Morgan fingerprint density at radius 1 is 1.09 bits per heavy atom. The van der Waals surface area contributed by atoms with Crippen molar-refractivity contribution in [3.05, 3.63) is 53.1 Å². The zero-order valence-corrected chi connectivity index (χ0v) is 20.1. The summed E-state index contributed by atoms with van der Waals surface area (Å²) in [5.74, 6) is -2.76. The first-order chi connectivity index (χ1) is 15.5. The van der Waals surface area contributed by atoms with Crippen molar-refractivity contribution in [3.8, 4) is 0 Å². The molecule has 6 nitrogen and oxygen atoms in total. The maximum absolute atomic E-state index is 15.2. The fraction of sp³-hybridized carbons (Fsp3) is 0.545. The van der Waals surface area contributed by atoms with Crippen LogP contribution in [-0.4, -0.2) is 44.5 Å². The Balaban J connectivity index is 1.58. The van der Waals surface area contributed by atoms with Gasteiger partial charge in [-0.3, -0.25) is 0 Å². The number of halogens is 3. The standard InChI is InChI=1S/C22H25ClF2N2O4S2/c23-15-1-6-18(7-2-15)32(28,29)22(19-11-16(24)3-8-20(19)25)10-9-21-14(12-22)13-27(17-4-5-17)33(30,31)26-21/h1-3,6-8,14,17,19,21,26H,4-5,9-13H2/t14-,19?,21-,22+/m1/s1. The van der Waals surface area contributed by atoms with E-state index in [0.717, 1.165) is 25.0 Å². The van der Waals surface area contributed by atoms with Gasteiger partial charge in [-0.15, -0.1) is 0 Å². The van der Waals surface area contributed by atoms with Gasteiger partial charge in [0.25, 0.3) is 10.2 Å². The van der Waals surface area contributed by atoms with Crippen LogP contribution >= 0.6 is 11.6 Å². The smallest absolute Gasteiger partial charge is 0.223 e. The van der Waals surface area contributed by atoms with Gasteiger partial charge in [-0.05, 0) is 74.4 Å². The Bertz CT molecular complexity index is 1230. The Kier molecular flexibility index (Phi) is 5.76. The Hall–Kier alpha value is -1.33. The summed E-state index contributed by atoms with van der Waals surface area (Å²) in [7, 11) is -7.77. The summed E-state index contributed by atoms with van der Waals surface area (Å²) in [4.78, 5) is 0.00329. The van der Waals surface area contributed by atoms with E-state index in [1.165, 1.54) is 28.6 Å². The molecule has 4 atom stereocenters. The molecule has 1 N–H and O–H groups in total. The average Bonchev–Trinajstić information content (AvgIpc) is 3.59. The van der Waals surface area contributed by atoms with Crippen LogP contribution in [0.5, 0.6) is 0 Å². The van der Waals surface area contributed by atoms with Crippen molar-refractivity contribution in [3.63, 3.8) is 0 Å². The maximum atomic E-state index is 15.2. The molecule has 0 bridgehead atoms. The molecular formula is C22H25ClF2N2O4S2. The highest BCUT2D eigenvalue weighted by Crippen LogP contribution is 2.53. The molecule has 1 unspecified atom stereocenters. The molecule has 0 radical (unpaired) electrons. The fourth-order valence-corrected chi connectivity index (χ4v) is 9.95. The molecule has 1 saturated heterocycles. The van der Waals surface area contributed by atoms with E-state index in [0.29, 0.717) is 5.02 Å². The number of nitrogens with zero attached hydrogens (tertiary/aromatic N) is 1. The van der Waals surface area contributed by atoms with Gasteiger partial charge >= 0.3 is 0 Å². The summed E-state index contributed by atoms with van der Waals surface area (Å²) in [6.07, 6.45) is 3.51. The minimum absolute atomic E-state index is 0.00329. The third-order valence-electron chi connectivity index (χ3n) is 7.48. The Morgan fingerprint density at radius 3 is 2.45 bits per heavy atom. The van der Waals surface area contributed by atoms with E-state index < -0.39 is 48.4 Å². The van der Waals surface area contributed by atoms with E-state index in [1.807, 2.05) is 0 Å². The molecule has 0 spiro atoms. The van der Waals surface area contributed by atoms with Crippen LogP contribution in [0, 0.1) is 11.8 Å². The lowest BCUT2D eigenvalue weighted by Crippen LogP contribution is -2.63. The fourth-order valence-electron chi connectivity index (χ4n) is 5.65. The van der Waals surface area contributed by atoms with E-state index in [9.17, 15) is 21.2 Å². The lowest BCUT2D eigenvalue weighted by atomic mass is 9.70. The molecule has 180 valence electrons. The third kappa shape index (κ3) is 3.97. The largest absolute Gasteiger partial charge is 0.279 e. The summed E-state index contributed by atoms with van der Waals surface area (Å²) in [6.45, 7) is 0.179. The van der Waals surface area contributed by atoms with Gasteiger partial charge in [0.1, 0.15) is 11.7 Å². The first kappa shape index (κ1) is 23.4. The third-order valence-corrected chi connectivity index (χ3v) is 12.0. The number of nitrogens with one attached hydrogen (secondary N) is 1. The van der Waals surface area contributed by atoms with Gasteiger partial charge in [0.15, 0.2) is 9.84 Å². The number of fused-ring (bicyclic) bond motifs is 1. The van der Waals surface area contributed by atoms with Gasteiger partial charge < -0.3 is 0 Å². The van der Waals surface area contributed by atoms with Crippen LogP contribution in [0.3, 0.4) is 0 Å². The second-order valence-electron chi connectivity index (χ2n) is 9.48. The summed E-state index contributed by atoms with van der Waals surface area (Å²) in [5, 5.41) is 0.367. The highest BCUT2D eigenvalue weighted by atomic mass is 35.5. The quantitative estimate of drug-likeness (QED) is 0.651. The lowest BCUT2D eigenvalue weighted by Gasteiger charge is -2.50. The molecule has 5 rings (SSSR count). The zero-order chi connectivity index (χ0) is 23.6. The summed E-state index contributed by atoms with van der Waals surface area (Å²) in [5.41, 5.74) is 0. The van der Waals surface area contributed by atoms with Crippen molar-refractivity contribution >= 4 is 31.6 Å². The van der Waals surface area contributed by atoms with Crippen LogP contribution in [-0.2, 0) is 20.0 Å². The number of hydrogen-bond donors (Lipinski definition) is 1. The molecule has 1 aliphatic heterocycles. The molecule has 33 heavy (non-hydrogen) atoms. The minimum atomic E-state index is -4.13. The van der Waals surface area contributed by atoms with Gasteiger partial charge in [-0.2, -0.15) is 17.4 Å². The number of rotatable bonds is 4. The van der Waals surface area contributed by atoms with Crippen molar-refractivity contribution < 1.29 is 25.6 Å². The highest BCUT2D eigenvalue weighted by molar-refractivity contribution is 7.93. The maximum Gasteiger partial charge on any atom is 0.279 e. The van der Waals surface area contributed by atoms with Crippen molar-refractivity contribution in [2.75, 3.05) is 6.54 Å². The van der Waals surface area contributed by atoms with Gasteiger partial charge in [-0.25, -0.2) is 17.2 Å². The molecule has 0 aromatic heterocycles. The Labute approximate surface area is 197 Å². The van der Waals surface area contributed by atoms with Crippen LogP contribution in [0.15, 0.2) is 53.0 Å². The van der Waals surface area contributed by atoms with Gasteiger partial charge in [-0.1, -0.05) is 11.6 Å². The van der Waals surface area contributed by atoms with E-state index in [4.69, 9.17) is 11.6 Å². The number of hydrogen-bond acceptors (Lipinski definition) is 4. The normalized spacial score (nSPS) is 34.8. The molecule has 3 fully saturated rings. The molecule has 4 aliphatic rings. The molecule has 1 aromatic carbocycles. The van der Waals surface area contributed by atoms with Crippen LogP contribution in [0.1, 0.15) is 38.5 Å². The van der Waals surface area contributed by atoms with E-state index in [2.05, 4.69) is 4.72 Å². The summed E-state index contributed by atoms with van der Waals surface area (Å²) >= 11 is 5.95. The molecule has 2 saturated carbocycles. The average molecular weight is 519 g/mol. The molecule has 0 amide bonds. The van der Waals surface area contributed by atoms with Crippen LogP contribution in [0.2, 0.25) is 5.02 Å². The zero-order valence-electron chi connectivity index (χ0n) is 17.8. The second kappa shape index (κ2) is 8.12. The molecule has 3 aliphatic carbocycles. The molecule has 1 aromatic rings. The van der Waals surface area contributed by atoms with Crippen LogP contribution in [0.25, 0.3) is 0 Å². The van der Waals surface area contributed by atoms with Gasteiger partial charge in [0.05, 0.1) is 9.64 Å². The van der Waals surface area contributed by atoms with Crippen molar-refractivity contribution in [1.29, 1.82) is 0 Å². The topological polar surface area (TPSA) is 83.5 Å². The Morgan fingerprint density at radius 2 is 1.79 bits per heavy atom. The van der Waals surface area contributed by atoms with Crippen LogP contribution in [0.4, 0.5) is 8.78 Å². The summed E-state index contributed by atoms with van der Waals surface area (Å²) in [6, 6.07) is 5.19. The molecular weight excluding hydrogens is 494 g/mol. The first-order valence-corrected chi connectivity index (χ1v) is 14.3. The second-order valence-corrected chi connectivity index (χ2v) is 13.9.